The van der Waals surface area contributed by atoms with Crippen LogP contribution >= 0.6 is 0 Å². The van der Waals surface area contributed by atoms with Crippen molar-refractivity contribution in [2.45, 2.75) is 77.4 Å². The van der Waals surface area contributed by atoms with Crippen molar-refractivity contribution in [1.29, 1.82) is 5.26 Å². The van der Waals surface area contributed by atoms with Crippen LogP contribution in [0.25, 0.3) is 16.9 Å². The van der Waals surface area contributed by atoms with Gasteiger partial charge in [-0.05, 0) is 68.7 Å². The van der Waals surface area contributed by atoms with Gasteiger partial charge in [0.15, 0.2) is 0 Å². The van der Waals surface area contributed by atoms with E-state index in [1.165, 1.54) is 0 Å². The molecule has 208 valence electrons. The summed E-state index contributed by atoms with van der Waals surface area (Å²) in [6.07, 6.45) is 5.32. The second kappa shape index (κ2) is 11.7. The Labute approximate surface area is 234 Å². The summed E-state index contributed by atoms with van der Waals surface area (Å²) in [4.78, 5) is 19.0. The van der Waals surface area contributed by atoms with Crippen LogP contribution in [0, 0.1) is 18.3 Å². The van der Waals surface area contributed by atoms with Gasteiger partial charge in [-0.3, -0.25) is 9.36 Å². The van der Waals surface area contributed by atoms with Crippen molar-refractivity contribution in [1.82, 2.24) is 19.2 Å². The molecule has 1 saturated carbocycles. The van der Waals surface area contributed by atoms with Gasteiger partial charge in [0, 0.05) is 18.0 Å². The van der Waals surface area contributed by atoms with Crippen molar-refractivity contribution >= 4 is 5.78 Å². The SMILES string of the molecule is CCCc1c(Cc2ccc(-c3ccccc3C#N)cc2)c(=O)n([C@H]2CC[C@](C)(OCCO)CC2)c2nc(C)nn12. The molecular weight excluding hydrogens is 502 g/mol. The molecule has 0 radical (unpaired) electrons. The van der Waals surface area contributed by atoms with Crippen LogP contribution in [0.15, 0.2) is 53.3 Å². The Balaban J connectivity index is 1.53. The topological polar surface area (TPSA) is 105 Å². The van der Waals surface area contributed by atoms with Gasteiger partial charge in [0.05, 0.1) is 36.1 Å². The van der Waals surface area contributed by atoms with E-state index in [0.29, 0.717) is 30.2 Å². The second-order valence-electron chi connectivity index (χ2n) is 11.0. The Morgan fingerprint density at radius 3 is 2.55 bits per heavy atom. The standard InChI is InChI=1S/C32H37N5O3/c1-4-7-29-28(20-23-10-12-24(13-11-23)27-9-6-5-8-25(27)21-33)30(39)36(31-34-22(2)35-37(29)31)26-14-16-32(3,17-15-26)40-19-18-38/h5-6,8-13,26,38H,4,7,14-20H2,1-3H3/t26-,32-. The Morgan fingerprint density at radius 1 is 1.15 bits per heavy atom. The second-order valence-corrected chi connectivity index (χ2v) is 11.0. The first-order valence-electron chi connectivity index (χ1n) is 14.2. The van der Waals surface area contributed by atoms with Gasteiger partial charge in [-0.2, -0.15) is 15.3 Å². The summed E-state index contributed by atoms with van der Waals surface area (Å²) in [5, 5.41) is 23.5. The zero-order chi connectivity index (χ0) is 28.3. The van der Waals surface area contributed by atoms with Gasteiger partial charge in [-0.25, -0.2) is 4.52 Å². The molecule has 0 spiro atoms. The van der Waals surface area contributed by atoms with Crippen LogP contribution in [0.4, 0.5) is 0 Å². The zero-order valence-corrected chi connectivity index (χ0v) is 23.6. The van der Waals surface area contributed by atoms with Gasteiger partial charge in [0.2, 0.25) is 5.78 Å². The molecule has 1 aliphatic rings. The Kier molecular flexibility index (Phi) is 8.15. The zero-order valence-electron chi connectivity index (χ0n) is 23.6. The van der Waals surface area contributed by atoms with Gasteiger partial charge < -0.3 is 9.84 Å². The summed E-state index contributed by atoms with van der Waals surface area (Å²) in [5.74, 6) is 1.26. The summed E-state index contributed by atoms with van der Waals surface area (Å²) in [6, 6.07) is 18.0. The molecule has 1 N–H and O–H groups in total. The number of nitriles is 1. The quantitative estimate of drug-likeness (QED) is 0.315. The number of rotatable bonds is 9. The molecule has 0 bridgehead atoms. The summed E-state index contributed by atoms with van der Waals surface area (Å²) in [5.41, 5.74) is 4.94. The molecule has 5 rings (SSSR count). The normalized spacial score (nSPS) is 19.1. The number of nitrogens with zero attached hydrogens (tertiary/aromatic N) is 5. The van der Waals surface area contributed by atoms with E-state index in [1.54, 1.807) is 0 Å². The molecule has 2 heterocycles. The van der Waals surface area contributed by atoms with E-state index in [0.717, 1.165) is 66.5 Å². The molecule has 8 nitrogen and oxygen atoms in total. The molecule has 0 atom stereocenters. The minimum atomic E-state index is -0.292. The molecule has 0 aliphatic heterocycles. The molecule has 1 aliphatic carbocycles. The van der Waals surface area contributed by atoms with E-state index >= 15 is 0 Å². The van der Waals surface area contributed by atoms with E-state index in [9.17, 15) is 15.2 Å². The third kappa shape index (κ3) is 5.45. The summed E-state index contributed by atoms with van der Waals surface area (Å²) in [6.45, 7) is 6.40. The van der Waals surface area contributed by atoms with Crippen LogP contribution in [0.3, 0.4) is 0 Å². The van der Waals surface area contributed by atoms with Crippen LogP contribution in [0.1, 0.15) is 80.2 Å². The van der Waals surface area contributed by atoms with Crippen LogP contribution in [0.2, 0.25) is 0 Å². The molecule has 0 saturated heterocycles. The third-order valence-electron chi connectivity index (χ3n) is 8.09. The fraction of sp³-hybridized carbons (Fsp3) is 0.438. The van der Waals surface area contributed by atoms with Crippen molar-refractivity contribution in [3.05, 3.63) is 87.1 Å². The highest BCUT2D eigenvalue weighted by Crippen LogP contribution is 2.37. The lowest BCUT2D eigenvalue weighted by molar-refractivity contribution is -0.0736. The van der Waals surface area contributed by atoms with E-state index in [1.807, 2.05) is 64.5 Å². The number of fused-ring (bicyclic) bond motifs is 1. The van der Waals surface area contributed by atoms with Crippen molar-refractivity contribution in [2.75, 3.05) is 13.2 Å². The maximum absolute atomic E-state index is 14.3. The van der Waals surface area contributed by atoms with E-state index in [-0.39, 0.29) is 23.8 Å². The fourth-order valence-electron chi connectivity index (χ4n) is 5.98. The van der Waals surface area contributed by atoms with Crippen LogP contribution in [-0.2, 0) is 17.6 Å². The highest BCUT2D eigenvalue weighted by molar-refractivity contribution is 5.70. The molecular formula is C32H37N5O3. The van der Waals surface area contributed by atoms with Gasteiger partial charge in [0.25, 0.3) is 5.56 Å². The van der Waals surface area contributed by atoms with Crippen molar-refractivity contribution in [2.24, 2.45) is 0 Å². The third-order valence-corrected chi connectivity index (χ3v) is 8.09. The molecule has 4 aromatic rings. The Hall–Kier alpha value is -3.80. The van der Waals surface area contributed by atoms with Gasteiger partial charge in [-0.15, -0.1) is 0 Å². The number of ether oxygens (including phenoxy) is 1. The van der Waals surface area contributed by atoms with Crippen LogP contribution in [0.5, 0.6) is 0 Å². The van der Waals surface area contributed by atoms with Crippen molar-refractivity contribution in [3.8, 4) is 17.2 Å². The summed E-state index contributed by atoms with van der Waals surface area (Å²) < 4.78 is 9.71. The lowest BCUT2D eigenvalue weighted by Gasteiger charge is -2.38. The van der Waals surface area contributed by atoms with Gasteiger partial charge >= 0.3 is 0 Å². The average Bonchev–Trinajstić information content (AvgIpc) is 3.36. The van der Waals surface area contributed by atoms with Crippen LogP contribution < -0.4 is 5.56 Å². The highest BCUT2D eigenvalue weighted by atomic mass is 16.5. The minimum absolute atomic E-state index is 0.00341. The lowest BCUT2D eigenvalue weighted by atomic mass is 9.83. The first-order valence-corrected chi connectivity index (χ1v) is 14.2. The number of hydrogen-bond acceptors (Lipinski definition) is 6. The first-order chi connectivity index (χ1) is 19.4. The average molecular weight is 540 g/mol. The summed E-state index contributed by atoms with van der Waals surface area (Å²) >= 11 is 0. The molecule has 0 unspecified atom stereocenters. The molecule has 2 aromatic carbocycles. The Morgan fingerprint density at radius 2 is 1.88 bits per heavy atom. The molecule has 8 heteroatoms. The molecule has 0 amide bonds. The molecule has 2 aromatic heterocycles. The van der Waals surface area contributed by atoms with Crippen LogP contribution in [-0.4, -0.2) is 43.1 Å². The predicted octanol–water partition coefficient (Wildman–Crippen LogP) is 5.16. The van der Waals surface area contributed by atoms with E-state index in [4.69, 9.17) is 14.8 Å². The smallest absolute Gasteiger partial charge is 0.259 e. The highest BCUT2D eigenvalue weighted by Gasteiger charge is 2.34. The number of aliphatic hydroxyl groups excluding tert-OH is 1. The minimum Gasteiger partial charge on any atom is -0.394 e. The number of aliphatic hydroxyl groups is 1. The van der Waals surface area contributed by atoms with Gasteiger partial charge in [0.1, 0.15) is 5.82 Å². The largest absolute Gasteiger partial charge is 0.394 e. The monoisotopic (exact) mass is 539 g/mol. The maximum Gasteiger partial charge on any atom is 0.259 e. The first kappa shape index (κ1) is 27.8. The fourth-order valence-corrected chi connectivity index (χ4v) is 5.98. The number of aryl methyl sites for hydroxylation is 2. The molecule has 1 fully saturated rings. The van der Waals surface area contributed by atoms with Crippen molar-refractivity contribution < 1.29 is 9.84 Å². The predicted molar refractivity (Wildman–Crippen MR) is 154 cm³/mol. The lowest BCUT2D eigenvalue weighted by Crippen LogP contribution is -2.39. The van der Waals surface area contributed by atoms with Crippen molar-refractivity contribution in [3.63, 3.8) is 0 Å². The summed E-state index contributed by atoms with van der Waals surface area (Å²) in [7, 11) is 0. The van der Waals surface area contributed by atoms with Gasteiger partial charge in [-0.1, -0.05) is 55.8 Å². The van der Waals surface area contributed by atoms with E-state index in [2.05, 4.69) is 19.9 Å². The van der Waals surface area contributed by atoms with E-state index < -0.39 is 0 Å². The number of benzene rings is 2. The Bertz CT molecular complexity index is 1590. The number of aromatic nitrogens is 4. The number of hydrogen-bond donors (Lipinski definition) is 1. The molecule has 40 heavy (non-hydrogen) atoms. The maximum atomic E-state index is 14.3.